The van der Waals surface area contributed by atoms with E-state index in [0.29, 0.717) is 24.5 Å². The van der Waals surface area contributed by atoms with Gasteiger partial charge in [-0.15, -0.1) is 0 Å². The summed E-state index contributed by atoms with van der Waals surface area (Å²) in [6.45, 7) is 1.76. The van der Waals surface area contributed by atoms with E-state index in [1.807, 2.05) is 0 Å². The van der Waals surface area contributed by atoms with Gasteiger partial charge < -0.3 is 24.8 Å². The molecule has 1 aromatic carbocycles. The summed E-state index contributed by atoms with van der Waals surface area (Å²) in [6, 6.07) is 4.43. The molecule has 2 amide bonds. The Balaban J connectivity index is 1.72. The summed E-state index contributed by atoms with van der Waals surface area (Å²) < 4.78 is 14.9. The van der Waals surface area contributed by atoms with Crippen LogP contribution in [0.4, 0.5) is 5.69 Å². The van der Waals surface area contributed by atoms with Crippen molar-refractivity contribution in [2.45, 2.75) is 19.8 Å². The Morgan fingerprint density at radius 3 is 2.85 bits per heavy atom. The largest absolute Gasteiger partial charge is 0.482 e. The molecule has 140 valence electrons. The highest BCUT2D eigenvalue weighted by molar-refractivity contribution is 5.97. The Kier molecular flexibility index (Phi) is 6.95. The first-order chi connectivity index (χ1) is 12.5. The number of esters is 2. The highest BCUT2D eigenvalue weighted by Crippen LogP contribution is 2.28. The Morgan fingerprint density at radius 2 is 2.08 bits per heavy atom. The third kappa shape index (κ3) is 5.76. The number of rotatable bonds is 8. The van der Waals surface area contributed by atoms with Crippen molar-refractivity contribution in [2.75, 3.05) is 31.7 Å². The van der Waals surface area contributed by atoms with Crippen molar-refractivity contribution < 1.29 is 33.4 Å². The Morgan fingerprint density at radius 1 is 1.27 bits per heavy atom. The first-order valence-corrected chi connectivity index (χ1v) is 8.15. The number of hydrogen-bond acceptors (Lipinski definition) is 7. The number of anilines is 1. The maximum atomic E-state index is 12.0. The maximum Gasteiger partial charge on any atom is 0.338 e. The van der Waals surface area contributed by atoms with E-state index in [0.717, 1.165) is 0 Å². The smallest absolute Gasteiger partial charge is 0.338 e. The molecule has 1 aliphatic heterocycles. The number of ether oxygens (including phenoxy) is 3. The number of hydrogen-bond donors (Lipinski definition) is 2. The van der Waals surface area contributed by atoms with Crippen molar-refractivity contribution in [1.82, 2.24) is 5.32 Å². The van der Waals surface area contributed by atoms with Crippen LogP contribution in [0, 0.1) is 0 Å². The number of carbonyl (C=O) groups excluding carboxylic acids is 4. The van der Waals surface area contributed by atoms with Crippen molar-refractivity contribution in [3.05, 3.63) is 23.8 Å². The van der Waals surface area contributed by atoms with E-state index in [2.05, 4.69) is 10.6 Å². The number of nitrogens with one attached hydrogen (secondary N) is 2. The van der Waals surface area contributed by atoms with E-state index in [1.54, 1.807) is 6.92 Å². The zero-order valence-corrected chi connectivity index (χ0v) is 14.3. The summed E-state index contributed by atoms with van der Waals surface area (Å²) in [5.74, 6) is -1.38. The summed E-state index contributed by atoms with van der Waals surface area (Å²) >= 11 is 0. The molecule has 9 heteroatoms. The molecular weight excluding hydrogens is 344 g/mol. The summed E-state index contributed by atoms with van der Waals surface area (Å²) in [5.41, 5.74) is 0.673. The van der Waals surface area contributed by atoms with Crippen LogP contribution in [0.15, 0.2) is 18.2 Å². The molecule has 9 nitrogen and oxygen atoms in total. The van der Waals surface area contributed by atoms with Crippen LogP contribution in [0.2, 0.25) is 0 Å². The molecule has 0 bridgehead atoms. The van der Waals surface area contributed by atoms with E-state index in [9.17, 15) is 19.2 Å². The van der Waals surface area contributed by atoms with Gasteiger partial charge >= 0.3 is 11.9 Å². The molecule has 26 heavy (non-hydrogen) atoms. The lowest BCUT2D eigenvalue weighted by molar-refractivity contribution is -0.143. The van der Waals surface area contributed by atoms with Gasteiger partial charge in [-0.05, 0) is 31.5 Å². The number of fused-ring (bicyclic) bond motifs is 1. The molecule has 0 saturated carbocycles. The van der Waals surface area contributed by atoms with Crippen molar-refractivity contribution in [1.29, 1.82) is 0 Å². The van der Waals surface area contributed by atoms with Gasteiger partial charge in [0.2, 0.25) is 0 Å². The molecule has 0 unspecified atom stereocenters. The second-order valence-corrected chi connectivity index (χ2v) is 5.38. The highest BCUT2D eigenvalue weighted by atomic mass is 16.5. The predicted octanol–water partition coefficient (Wildman–Crippen LogP) is 0.634. The van der Waals surface area contributed by atoms with Gasteiger partial charge in [0.25, 0.3) is 11.8 Å². The van der Waals surface area contributed by atoms with Crippen molar-refractivity contribution >= 4 is 29.4 Å². The average molecular weight is 364 g/mol. The minimum Gasteiger partial charge on any atom is -0.482 e. The lowest BCUT2D eigenvalue weighted by atomic mass is 10.1. The first-order valence-electron chi connectivity index (χ1n) is 8.15. The zero-order valence-electron chi connectivity index (χ0n) is 14.3. The monoisotopic (exact) mass is 364 g/mol. The molecule has 0 atom stereocenters. The quantitative estimate of drug-likeness (QED) is 0.513. The van der Waals surface area contributed by atoms with E-state index >= 15 is 0 Å². The Labute approximate surface area is 150 Å². The SMILES string of the molecule is CCOC(=O)CCCNC(=O)COC(=O)c1ccc2c(c1)OCC(=O)N2. The van der Waals surface area contributed by atoms with Gasteiger partial charge in [-0.25, -0.2) is 4.79 Å². The van der Waals surface area contributed by atoms with E-state index in [1.165, 1.54) is 18.2 Å². The molecule has 0 saturated heterocycles. The normalized spacial score (nSPS) is 12.3. The number of benzene rings is 1. The third-order valence-corrected chi connectivity index (χ3v) is 3.37. The molecule has 0 spiro atoms. The summed E-state index contributed by atoms with van der Waals surface area (Å²) in [5, 5.41) is 5.15. The van der Waals surface area contributed by atoms with E-state index in [4.69, 9.17) is 14.2 Å². The minimum atomic E-state index is -0.685. The van der Waals surface area contributed by atoms with E-state index in [-0.39, 0.29) is 37.0 Å². The van der Waals surface area contributed by atoms with Gasteiger partial charge in [-0.1, -0.05) is 0 Å². The van der Waals surface area contributed by atoms with Crippen molar-refractivity contribution in [2.24, 2.45) is 0 Å². The van der Waals surface area contributed by atoms with Crippen LogP contribution in [-0.2, 0) is 23.9 Å². The maximum absolute atomic E-state index is 12.0. The van der Waals surface area contributed by atoms with Gasteiger partial charge in [0.1, 0.15) is 5.75 Å². The second kappa shape index (κ2) is 9.40. The lowest BCUT2D eigenvalue weighted by Gasteiger charge is -2.18. The van der Waals surface area contributed by atoms with Gasteiger partial charge in [0.05, 0.1) is 17.9 Å². The van der Waals surface area contributed by atoms with Crippen molar-refractivity contribution in [3.63, 3.8) is 0 Å². The molecule has 1 heterocycles. The van der Waals surface area contributed by atoms with Gasteiger partial charge in [0.15, 0.2) is 13.2 Å². The fraction of sp³-hybridized carbons (Fsp3) is 0.412. The fourth-order valence-corrected chi connectivity index (χ4v) is 2.16. The molecule has 1 aliphatic rings. The van der Waals surface area contributed by atoms with Crippen LogP contribution in [0.5, 0.6) is 5.75 Å². The van der Waals surface area contributed by atoms with E-state index < -0.39 is 18.5 Å². The van der Waals surface area contributed by atoms with Crippen LogP contribution in [0.3, 0.4) is 0 Å². The van der Waals surface area contributed by atoms with Crippen LogP contribution >= 0.6 is 0 Å². The molecule has 0 radical (unpaired) electrons. The first kappa shape index (κ1) is 19.2. The van der Waals surface area contributed by atoms with Crippen molar-refractivity contribution in [3.8, 4) is 5.75 Å². The number of amides is 2. The molecule has 2 N–H and O–H groups in total. The second-order valence-electron chi connectivity index (χ2n) is 5.38. The lowest BCUT2D eigenvalue weighted by Crippen LogP contribution is -2.30. The molecular formula is C17H20N2O7. The molecule has 0 fully saturated rings. The molecule has 2 rings (SSSR count). The Hall–Kier alpha value is -3.10. The zero-order chi connectivity index (χ0) is 18.9. The Bertz CT molecular complexity index is 702. The summed E-state index contributed by atoms with van der Waals surface area (Å²) in [7, 11) is 0. The third-order valence-electron chi connectivity index (χ3n) is 3.37. The van der Waals surface area contributed by atoms with Gasteiger partial charge in [-0.3, -0.25) is 14.4 Å². The molecule has 1 aromatic rings. The molecule has 0 aromatic heterocycles. The highest BCUT2D eigenvalue weighted by Gasteiger charge is 2.18. The van der Waals surface area contributed by atoms with Crippen LogP contribution in [-0.4, -0.2) is 50.1 Å². The van der Waals surface area contributed by atoms with Crippen LogP contribution in [0.25, 0.3) is 0 Å². The average Bonchev–Trinajstić information content (AvgIpc) is 2.63. The minimum absolute atomic E-state index is 0.125. The van der Waals surface area contributed by atoms with Gasteiger partial charge in [0, 0.05) is 13.0 Å². The van der Waals surface area contributed by atoms with Gasteiger partial charge in [-0.2, -0.15) is 0 Å². The number of carbonyl (C=O) groups is 4. The fourth-order valence-electron chi connectivity index (χ4n) is 2.16. The standard InChI is InChI=1S/C17H20N2O7/c1-2-24-16(22)4-3-7-18-14(20)9-26-17(23)11-5-6-12-13(8-11)25-10-15(21)19-12/h5-6,8H,2-4,7,9-10H2,1H3,(H,18,20)(H,19,21). The van der Waals surface area contributed by atoms with Crippen LogP contribution in [0.1, 0.15) is 30.1 Å². The molecule has 0 aliphatic carbocycles. The van der Waals surface area contributed by atoms with Crippen LogP contribution < -0.4 is 15.4 Å². The predicted molar refractivity (Wildman–Crippen MR) is 89.7 cm³/mol. The summed E-state index contributed by atoms with van der Waals surface area (Å²) in [4.78, 5) is 46.0. The summed E-state index contributed by atoms with van der Waals surface area (Å²) in [6.07, 6.45) is 0.645. The topological polar surface area (TPSA) is 120 Å².